The smallest absolute Gasteiger partial charge is 0.332 e. The van der Waals surface area contributed by atoms with Crippen LogP contribution in [-0.2, 0) is 36.5 Å². The van der Waals surface area contributed by atoms with Crippen LogP contribution >= 0.6 is 0 Å². The van der Waals surface area contributed by atoms with Crippen molar-refractivity contribution in [2.24, 2.45) is 11.8 Å². The molecule has 2 atom stereocenters. The van der Waals surface area contributed by atoms with Crippen LogP contribution in [0.4, 0.5) is 22.0 Å². The number of aliphatic carboxylic acids is 1. The Morgan fingerprint density at radius 2 is 1.60 bits per heavy atom. The Hall–Kier alpha value is -3.02. The molecule has 3 aliphatic rings. The lowest BCUT2D eigenvalue weighted by molar-refractivity contribution is -0.146. The zero-order chi connectivity index (χ0) is 29.0. The summed E-state index contributed by atoms with van der Waals surface area (Å²) in [5.41, 5.74) is -0.557. The largest absolute Gasteiger partial charge is 0.481 e. The molecule has 1 saturated heterocycles. The van der Waals surface area contributed by atoms with Gasteiger partial charge in [-0.2, -0.15) is 8.78 Å². The van der Waals surface area contributed by atoms with Crippen molar-refractivity contribution in [3.8, 4) is 0 Å². The lowest BCUT2D eigenvalue weighted by Gasteiger charge is -2.43. The molecule has 2 aromatic carbocycles. The van der Waals surface area contributed by atoms with Gasteiger partial charge in [0, 0.05) is 18.0 Å². The molecule has 12 heteroatoms. The van der Waals surface area contributed by atoms with Gasteiger partial charge in [0.25, 0.3) is 0 Å². The maximum Gasteiger partial charge on any atom is 0.332 e. The van der Waals surface area contributed by atoms with E-state index < -0.39 is 62.2 Å². The minimum absolute atomic E-state index is 0.0527. The van der Waals surface area contributed by atoms with Gasteiger partial charge >= 0.3 is 18.3 Å². The third-order valence-electron chi connectivity index (χ3n) is 8.86. The number of likely N-dealkylation sites (tertiary alicyclic amines) is 1. The van der Waals surface area contributed by atoms with E-state index in [4.69, 9.17) is 0 Å². The minimum Gasteiger partial charge on any atom is -0.481 e. The Labute approximate surface area is 228 Å². The standard InChI is InChI=1S/C28H28F5NO5S/c29-20-7-9-21(10-8-20)40(38,39)27-13-14-34(24(35)16-1-3-17(4-2-16)25(36)37)23(27)12-5-18-15-19(6-11-22(18)27)28(32,33)26(30)31/h6-11,15-17,23,26H,1-5,12-14H2,(H,36,37). The topological polar surface area (TPSA) is 91.8 Å². The number of carboxylic acid groups (broad SMARTS) is 1. The Balaban J connectivity index is 1.58. The van der Waals surface area contributed by atoms with Crippen LogP contribution in [0.25, 0.3) is 0 Å². The van der Waals surface area contributed by atoms with E-state index in [9.17, 15) is 45.1 Å². The molecule has 2 aromatic rings. The first-order valence-corrected chi connectivity index (χ1v) is 14.6. The predicted molar refractivity (Wildman–Crippen MR) is 133 cm³/mol. The van der Waals surface area contributed by atoms with Crippen molar-refractivity contribution in [3.05, 3.63) is 65.0 Å². The second kappa shape index (κ2) is 10.1. The molecule has 0 radical (unpaired) electrons. The Morgan fingerprint density at radius 1 is 0.975 bits per heavy atom. The highest BCUT2D eigenvalue weighted by molar-refractivity contribution is 7.92. The molecule has 0 aromatic heterocycles. The van der Waals surface area contributed by atoms with Crippen molar-refractivity contribution in [2.45, 2.75) is 73.0 Å². The first-order valence-electron chi connectivity index (χ1n) is 13.1. The summed E-state index contributed by atoms with van der Waals surface area (Å²) in [5, 5.41) is 9.30. The summed E-state index contributed by atoms with van der Waals surface area (Å²) in [6, 6.07) is 6.23. The van der Waals surface area contributed by atoms with Crippen molar-refractivity contribution in [3.63, 3.8) is 0 Å². The zero-order valence-electron chi connectivity index (χ0n) is 21.3. The molecule has 2 fully saturated rings. The normalized spacial score (nSPS) is 26.9. The molecule has 1 N–H and O–H groups in total. The molecule has 40 heavy (non-hydrogen) atoms. The van der Waals surface area contributed by atoms with Gasteiger partial charge in [0.15, 0.2) is 9.84 Å². The van der Waals surface area contributed by atoms with E-state index in [1.54, 1.807) is 0 Å². The first kappa shape index (κ1) is 28.5. The molecule has 5 rings (SSSR count). The maximum atomic E-state index is 14.3. The minimum atomic E-state index is -4.43. The highest BCUT2D eigenvalue weighted by atomic mass is 32.2. The highest BCUT2D eigenvalue weighted by Crippen LogP contribution is 2.54. The van der Waals surface area contributed by atoms with E-state index >= 15 is 0 Å². The second-order valence-electron chi connectivity index (χ2n) is 10.9. The quantitative estimate of drug-likeness (QED) is 0.368. The number of carbonyl (C=O) groups excluding carboxylic acids is 1. The van der Waals surface area contributed by atoms with Gasteiger partial charge in [-0.15, -0.1) is 0 Å². The Bertz CT molecular complexity index is 1420. The van der Waals surface area contributed by atoms with E-state index in [1.165, 1.54) is 4.90 Å². The molecule has 2 unspecified atom stereocenters. The van der Waals surface area contributed by atoms with Crippen LogP contribution in [0.3, 0.4) is 0 Å². The fourth-order valence-electron chi connectivity index (χ4n) is 6.77. The molecule has 2 aliphatic carbocycles. The molecular formula is C28H28F5NO5S. The number of hydrogen-bond acceptors (Lipinski definition) is 4. The molecule has 1 amide bonds. The van der Waals surface area contributed by atoms with Crippen LogP contribution in [0, 0.1) is 17.7 Å². The highest BCUT2D eigenvalue weighted by Gasteiger charge is 2.61. The van der Waals surface area contributed by atoms with Crippen molar-refractivity contribution in [1.29, 1.82) is 0 Å². The Kier molecular flexibility index (Phi) is 7.21. The monoisotopic (exact) mass is 585 g/mol. The summed E-state index contributed by atoms with van der Waals surface area (Å²) >= 11 is 0. The zero-order valence-corrected chi connectivity index (χ0v) is 22.1. The summed E-state index contributed by atoms with van der Waals surface area (Å²) < 4.78 is 95.2. The number of halogens is 5. The lowest BCUT2D eigenvalue weighted by Crippen LogP contribution is -2.53. The van der Waals surface area contributed by atoms with E-state index in [0.29, 0.717) is 25.7 Å². The van der Waals surface area contributed by atoms with E-state index in [1.807, 2.05) is 0 Å². The number of benzene rings is 2. The van der Waals surface area contributed by atoms with Crippen molar-refractivity contribution in [1.82, 2.24) is 4.90 Å². The molecule has 0 bridgehead atoms. The lowest BCUT2D eigenvalue weighted by atomic mass is 9.77. The molecule has 1 aliphatic heterocycles. The molecule has 216 valence electrons. The second-order valence-corrected chi connectivity index (χ2v) is 13.1. The van der Waals surface area contributed by atoms with E-state index in [0.717, 1.165) is 42.5 Å². The van der Waals surface area contributed by atoms with Crippen LogP contribution in [0.1, 0.15) is 55.2 Å². The third-order valence-corrected chi connectivity index (χ3v) is 11.4. The van der Waals surface area contributed by atoms with Crippen molar-refractivity contribution >= 4 is 21.7 Å². The SMILES string of the molecule is O=C(O)C1CCC(C(=O)N2CCC3(S(=O)(=O)c4ccc(F)cc4)c4ccc(C(F)(F)C(F)F)cc4CCC23)CC1. The van der Waals surface area contributed by atoms with Crippen LogP contribution in [0.15, 0.2) is 47.4 Å². The summed E-state index contributed by atoms with van der Waals surface area (Å²) in [6.07, 6.45) is -2.49. The van der Waals surface area contributed by atoms with Gasteiger partial charge < -0.3 is 10.0 Å². The van der Waals surface area contributed by atoms with Crippen LogP contribution in [0.5, 0.6) is 0 Å². The molecule has 1 saturated carbocycles. The van der Waals surface area contributed by atoms with Gasteiger partial charge in [0.1, 0.15) is 10.6 Å². The number of nitrogens with zero attached hydrogens (tertiary/aromatic N) is 1. The van der Waals surface area contributed by atoms with E-state index in [2.05, 4.69) is 0 Å². The van der Waals surface area contributed by atoms with Crippen LogP contribution < -0.4 is 0 Å². The number of fused-ring (bicyclic) bond motifs is 3. The molecule has 0 spiro atoms. The number of alkyl halides is 4. The molecular weight excluding hydrogens is 557 g/mol. The summed E-state index contributed by atoms with van der Waals surface area (Å²) in [6.45, 7) is 0.0527. The summed E-state index contributed by atoms with van der Waals surface area (Å²) in [4.78, 5) is 26.4. The average Bonchev–Trinajstić information content (AvgIpc) is 3.34. The number of carbonyl (C=O) groups is 2. The Morgan fingerprint density at radius 3 is 2.20 bits per heavy atom. The predicted octanol–water partition coefficient (Wildman–Crippen LogP) is 5.29. The van der Waals surface area contributed by atoms with Gasteiger partial charge in [-0.3, -0.25) is 9.59 Å². The number of sulfone groups is 1. The summed E-state index contributed by atoms with van der Waals surface area (Å²) in [7, 11) is -4.35. The number of hydrogen-bond donors (Lipinski definition) is 1. The number of carboxylic acids is 1. The summed E-state index contributed by atoms with van der Waals surface area (Å²) in [5.74, 6) is -7.31. The van der Waals surface area contributed by atoms with Gasteiger partial charge in [-0.1, -0.05) is 12.1 Å². The fraction of sp³-hybridized carbons (Fsp3) is 0.500. The van der Waals surface area contributed by atoms with Gasteiger partial charge in [-0.25, -0.2) is 21.6 Å². The third kappa shape index (κ3) is 4.38. The fourth-order valence-corrected chi connectivity index (χ4v) is 9.14. The van der Waals surface area contributed by atoms with Gasteiger partial charge in [-0.05, 0) is 86.4 Å². The van der Waals surface area contributed by atoms with Gasteiger partial charge in [0.05, 0.1) is 16.9 Å². The van der Waals surface area contributed by atoms with Crippen LogP contribution in [-0.4, -0.2) is 49.3 Å². The number of rotatable bonds is 6. The number of aryl methyl sites for hydroxylation is 1. The van der Waals surface area contributed by atoms with Crippen LogP contribution in [0.2, 0.25) is 0 Å². The molecule has 6 nitrogen and oxygen atoms in total. The number of amides is 1. The average molecular weight is 586 g/mol. The van der Waals surface area contributed by atoms with E-state index in [-0.39, 0.29) is 47.7 Å². The maximum absolute atomic E-state index is 14.3. The van der Waals surface area contributed by atoms with Crippen molar-refractivity contribution < 1.29 is 45.1 Å². The van der Waals surface area contributed by atoms with Gasteiger partial charge in [0.2, 0.25) is 5.91 Å². The molecule has 1 heterocycles. The van der Waals surface area contributed by atoms with Crippen molar-refractivity contribution in [2.75, 3.05) is 6.54 Å². The first-order chi connectivity index (χ1) is 18.8.